The molecule has 0 saturated heterocycles. The van der Waals surface area contributed by atoms with Crippen molar-refractivity contribution in [2.24, 2.45) is 125 Å². The first-order valence-corrected chi connectivity index (χ1v) is 12.7. The highest BCUT2D eigenvalue weighted by Gasteiger charge is 3.48. The first-order chi connectivity index (χ1) is 13.2. The molecule has 27 heavy (non-hydrogen) atoms. The van der Waals surface area contributed by atoms with Gasteiger partial charge in [-0.1, -0.05) is 0 Å². The van der Waals surface area contributed by atoms with Crippen LogP contribution in [0.15, 0.2) is 0 Å². The van der Waals surface area contributed by atoms with Crippen LogP contribution in [0.2, 0.25) is 0 Å². The van der Waals surface area contributed by atoms with Gasteiger partial charge < -0.3 is 11.5 Å². The maximum atomic E-state index is 7.50. The van der Waals surface area contributed by atoms with Crippen molar-refractivity contribution in [1.82, 2.24) is 0 Å². The van der Waals surface area contributed by atoms with Crippen molar-refractivity contribution in [3.63, 3.8) is 0 Å². The molecular formula is C25H22N2. The van der Waals surface area contributed by atoms with Gasteiger partial charge in [0.25, 0.3) is 0 Å². The second-order valence-electron chi connectivity index (χ2n) is 15.8. The molecule has 16 rings (SSSR count). The zero-order chi connectivity index (χ0) is 16.0. The maximum absolute atomic E-state index is 7.50. The fourth-order valence-electron chi connectivity index (χ4n) is 24.1. The molecule has 16 fully saturated rings. The summed E-state index contributed by atoms with van der Waals surface area (Å²) in [6.45, 7) is 0. The molecule has 16 saturated carbocycles. The molecule has 0 aromatic carbocycles. The lowest BCUT2D eigenvalue weighted by atomic mass is 8.54. The summed E-state index contributed by atoms with van der Waals surface area (Å²) in [4.78, 5) is 0. The molecule has 132 valence electrons. The van der Waals surface area contributed by atoms with E-state index in [-0.39, 0.29) is 5.54 Å². The van der Waals surface area contributed by atoms with Crippen LogP contribution in [-0.4, -0.2) is 11.6 Å². The summed E-state index contributed by atoms with van der Waals surface area (Å²) in [6.07, 6.45) is 4.99. The Morgan fingerprint density at radius 1 is 0.556 bits per heavy atom. The van der Waals surface area contributed by atoms with Gasteiger partial charge >= 0.3 is 0 Å². The number of nitrogens with two attached hydrogens (primary N) is 2. The van der Waals surface area contributed by atoms with Gasteiger partial charge in [0.1, 0.15) is 0 Å². The molecule has 0 aromatic heterocycles. The Hall–Kier alpha value is -0.0800. The molecule has 0 aliphatic heterocycles. The molecule has 22 unspecified atom stereocenters. The third kappa shape index (κ3) is 0.260. The van der Waals surface area contributed by atoms with Crippen LogP contribution in [0, 0.1) is 114 Å². The summed E-state index contributed by atoms with van der Waals surface area (Å²) in [6, 6.07) is 0.412. The van der Waals surface area contributed by atoms with E-state index in [0.717, 1.165) is 67.0 Å². The third-order valence-corrected chi connectivity index (χ3v) is 20.1. The Balaban J connectivity index is 1.20. The smallest absolute Gasteiger partial charge is 0.0420 e. The van der Waals surface area contributed by atoms with Gasteiger partial charge in [0, 0.05) is 17.0 Å². The van der Waals surface area contributed by atoms with E-state index in [1.54, 1.807) is 19.3 Å². The molecule has 2 nitrogen and oxygen atoms in total. The highest BCUT2D eigenvalue weighted by molar-refractivity contribution is 5.94. The zero-order valence-electron chi connectivity index (χ0n) is 15.2. The number of fused-ring (bicyclic) bond motifs is 8. The van der Waals surface area contributed by atoms with Gasteiger partial charge in [0.05, 0.1) is 0 Å². The van der Waals surface area contributed by atoms with Gasteiger partial charge in [0.15, 0.2) is 0 Å². The van der Waals surface area contributed by atoms with Crippen molar-refractivity contribution in [3.05, 3.63) is 0 Å². The van der Waals surface area contributed by atoms with Gasteiger partial charge in [0.2, 0.25) is 0 Å². The number of rotatable bonds is 0. The molecule has 16 aliphatic rings. The van der Waals surface area contributed by atoms with Crippen molar-refractivity contribution < 1.29 is 0 Å². The maximum Gasteiger partial charge on any atom is 0.0420 e. The summed E-state index contributed by atoms with van der Waals surface area (Å²) in [5, 5.41) is 0. The summed E-state index contributed by atoms with van der Waals surface area (Å²) < 4.78 is 0. The SMILES string of the molecule is NC1C2C3C4CC5C6C7CC8C9C%10CC%11C%12C1(N)C21C32C54C63C78C94C%10%11C%121C342. The van der Waals surface area contributed by atoms with Crippen molar-refractivity contribution in [3.8, 4) is 0 Å². The predicted molar refractivity (Wildman–Crippen MR) is 89.0 cm³/mol. The van der Waals surface area contributed by atoms with Crippen molar-refractivity contribution >= 4 is 0 Å². The molecule has 0 amide bonds. The molecule has 0 aromatic rings. The zero-order valence-corrected chi connectivity index (χ0v) is 15.2. The van der Waals surface area contributed by atoms with Gasteiger partial charge in [-0.25, -0.2) is 0 Å². The molecule has 2 heteroatoms. The predicted octanol–water partition coefficient (Wildman–Crippen LogP) is 1.05. The van der Waals surface area contributed by atoms with Gasteiger partial charge in [-0.3, -0.25) is 0 Å². The van der Waals surface area contributed by atoms with Crippen LogP contribution in [-0.2, 0) is 0 Å². The Kier molecular flexibility index (Phi) is 0.627. The Morgan fingerprint density at radius 2 is 1.11 bits per heavy atom. The van der Waals surface area contributed by atoms with Gasteiger partial charge in [-0.15, -0.1) is 0 Å². The van der Waals surface area contributed by atoms with E-state index in [1.807, 2.05) is 0 Å². The van der Waals surface area contributed by atoms with Gasteiger partial charge in [-0.2, -0.15) is 0 Å². The van der Waals surface area contributed by atoms with E-state index in [1.165, 1.54) is 41.4 Å². The lowest BCUT2D eigenvalue weighted by Gasteiger charge is -3.48. The summed E-state index contributed by atoms with van der Waals surface area (Å²) in [5.74, 6) is 12.7. The van der Waals surface area contributed by atoms with Gasteiger partial charge in [-0.05, 0) is 128 Å². The van der Waals surface area contributed by atoms with Crippen LogP contribution in [0.3, 0.4) is 0 Å². The lowest BCUT2D eigenvalue weighted by Crippen LogP contribution is -3.48. The Bertz CT molecular complexity index is 1260. The Morgan fingerprint density at radius 3 is 1.81 bits per heavy atom. The topological polar surface area (TPSA) is 52.0 Å². The molecule has 16 aliphatic carbocycles. The second-order valence-corrected chi connectivity index (χ2v) is 15.8. The van der Waals surface area contributed by atoms with Crippen molar-refractivity contribution in [1.29, 1.82) is 0 Å². The van der Waals surface area contributed by atoms with E-state index in [2.05, 4.69) is 0 Å². The monoisotopic (exact) mass is 350 g/mol. The standard InChI is InChI=1S/C25H22N2/c26-15-13-12-8-2-6-10-4-1-5-11-7-3-9-14-19(15,27)23(13)22(12)17(6,8)20(10)16(4,5)21(11)18(7,9)24(14,23)25(20,21)22/h4-15H,1-3,26-27H2. The van der Waals surface area contributed by atoms with E-state index in [0.29, 0.717) is 11.5 Å². The quantitative estimate of drug-likeness (QED) is 0.686. The Labute approximate surface area is 156 Å². The molecular weight excluding hydrogens is 328 g/mol. The van der Waals surface area contributed by atoms with Crippen molar-refractivity contribution in [2.75, 3.05) is 0 Å². The van der Waals surface area contributed by atoms with Crippen molar-refractivity contribution in [2.45, 2.75) is 30.8 Å². The number of hydrogen-bond acceptors (Lipinski definition) is 2. The van der Waals surface area contributed by atoms with E-state index >= 15 is 0 Å². The molecule has 9 spiro atoms. The average Bonchev–Trinajstić information content (AvgIpc) is 2.54. The normalized spacial score (nSPS) is 122. The molecule has 22 atom stereocenters. The largest absolute Gasteiger partial charge is 0.326 e. The lowest BCUT2D eigenvalue weighted by molar-refractivity contribution is -1.03. The van der Waals surface area contributed by atoms with Crippen LogP contribution in [0.1, 0.15) is 19.3 Å². The summed E-state index contributed by atoms with van der Waals surface area (Å²) >= 11 is 0. The molecule has 0 bridgehead atoms. The highest BCUT2D eigenvalue weighted by Crippen LogP contribution is 3.49. The fraction of sp³-hybridized carbons (Fsp3) is 1.00. The second kappa shape index (κ2) is 1.64. The number of hydrogen-bond donors (Lipinski definition) is 2. The summed E-state index contributed by atoms with van der Waals surface area (Å²) in [7, 11) is 0. The molecule has 0 radical (unpaired) electrons. The minimum absolute atomic E-state index is 0.147. The molecule has 0 heterocycles. The van der Waals surface area contributed by atoms with Crippen LogP contribution in [0.4, 0.5) is 0 Å². The van der Waals surface area contributed by atoms with E-state index < -0.39 is 0 Å². The van der Waals surface area contributed by atoms with Crippen LogP contribution in [0.5, 0.6) is 0 Å². The minimum Gasteiger partial charge on any atom is -0.326 e. The first-order valence-electron chi connectivity index (χ1n) is 12.7. The fourth-order valence-corrected chi connectivity index (χ4v) is 24.1. The first kappa shape index (κ1) is 10.3. The van der Waals surface area contributed by atoms with Crippen LogP contribution >= 0.6 is 0 Å². The molecule has 4 N–H and O–H groups in total. The highest BCUT2D eigenvalue weighted by atomic mass is 15.5. The van der Waals surface area contributed by atoms with E-state index in [4.69, 9.17) is 11.5 Å². The minimum atomic E-state index is 0.147. The summed E-state index contributed by atoms with van der Waals surface area (Å²) in [5.41, 5.74) is 22.9. The third-order valence-electron chi connectivity index (χ3n) is 20.1. The van der Waals surface area contributed by atoms with Crippen LogP contribution in [0.25, 0.3) is 0 Å². The van der Waals surface area contributed by atoms with E-state index in [9.17, 15) is 0 Å². The van der Waals surface area contributed by atoms with Crippen LogP contribution < -0.4 is 11.5 Å². The average molecular weight is 350 g/mol.